The van der Waals surface area contributed by atoms with Crippen LogP contribution in [-0.2, 0) is 0 Å². The zero-order valence-corrected chi connectivity index (χ0v) is 6.20. The van der Waals surface area contributed by atoms with E-state index in [1.165, 1.54) is 0 Å². The summed E-state index contributed by atoms with van der Waals surface area (Å²) in [6.07, 6.45) is 0. The third-order valence-electron chi connectivity index (χ3n) is 0. The van der Waals surface area contributed by atoms with Gasteiger partial charge in [0.15, 0.2) is 17.4 Å². The first kappa shape index (κ1) is 15.9. The molecule has 0 saturated carbocycles. The van der Waals surface area contributed by atoms with Gasteiger partial charge in [-0.3, -0.25) is 0 Å². The summed E-state index contributed by atoms with van der Waals surface area (Å²) in [5.74, 6) is 0. The van der Waals surface area contributed by atoms with E-state index in [1.807, 2.05) is 0 Å². The Kier molecular flexibility index (Phi) is 13.6. The van der Waals surface area contributed by atoms with Gasteiger partial charge >= 0.3 is 46.8 Å². The first-order chi connectivity index (χ1) is 2.00. The van der Waals surface area contributed by atoms with Crippen LogP contribution >= 0.6 is 0 Å². The molecule has 4 nitrogen and oxygen atoms in total. The number of hydrogen-bond acceptors (Lipinski definition) is 4. The van der Waals surface area contributed by atoms with Crippen molar-refractivity contribution in [1.29, 1.82) is 0 Å². The summed E-state index contributed by atoms with van der Waals surface area (Å²) >= 11 is 0. The molecule has 0 aromatic heterocycles. The molecule has 0 unspecified atom stereocenters. The van der Waals surface area contributed by atoms with Gasteiger partial charge in [-0.15, -0.1) is 0 Å². The Hall–Kier alpha value is 1.85. The predicted octanol–water partition coefficient (Wildman–Crippen LogP) is -3.95. The van der Waals surface area contributed by atoms with E-state index < -0.39 is 9.05 Å². The van der Waals surface area contributed by atoms with Gasteiger partial charge in [0.25, 0.3) is 0 Å². The normalized spacial score (nSPS) is 8.57. The Labute approximate surface area is 85.4 Å². The van der Waals surface area contributed by atoms with Crippen LogP contribution < -0.4 is 0 Å². The Balaban J connectivity index is -0.0000000133. The van der Waals surface area contributed by atoms with E-state index in [2.05, 4.69) is 0 Å². The average molecular weight is 168 g/mol. The molecule has 0 aliphatic carbocycles. The van der Waals surface area contributed by atoms with Crippen LogP contribution in [0.2, 0.25) is 0 Å². The van der Waals surface area contributed by atoms with Gasteiger partial charge in [-0.05, 0) is 0 Å². The van der Waals surface area contributed by atoms with Crippen molar-refractivity contribution >= 4 is 64.1 Å². The van der Waals surface area contributed by atoms with E-state index >= 15 is 0 Å². The van der Waals surface area contributed by atoms with Crippen molar-refractivity contribution in [3.05, 3.63) is 0 Å². The molecular weight excluding hydrogens is 159 g/mol. The Morgan fingerprint density at radius 2 is 1.00 bits per heavy atom. The molecule has 0 aromatic carbocycles. The van der Waals surface area contributed by atoms with Crippen molar-refractivity contribution < 1.29 is 22.0 Å². The molecule has 0 heterocycles. The fourth-order valence-corrected chi connectivity index (χ4v) is 0. The molecule has 0 saturated heterocycles. The molecule has 0 aliphatic rings. The Morgan fingerprint density at radius 3 is 1.00 bits per heavy atom. The SMILES string of the molecule is O[Si](O)(O)O.[AlH3].[Ca+2].[H-].[H-]. The molecule has 0 amide bonds. The smallest absolute Gasteiger partial charge is 1.00 e. The summed E-state index contributed by atoms with van der Waals surface area (Å²) in [4.78, 5) is 29.3. The minimum atomic E-state index is -4.61. The molecule has 0 spiro atoms. The summed E-state index contributed by atoms with van der Waals surface area (Å²) in [6, 6.07) is 0. The van der Waals surface area contributed by atoms with Gasteiger partial charge in [-0.2, -0.15) is 0 Å². The molecule has 0 atom stereocenters. The van der Waals surface area contributed by atoms with Crippen LogP contribution in [0.15, 0.2) is 0 Å². The summed E-state index contributed by atoms with van der Waals surface area (Å²) in [5, 5.41) is 0. The fourth-order valence-electron chi connectivity index (χ4n) is 0. The maximum atomic E-state index is 7.33. The maximum Gasteiger partial charge on any atom is 2.00 e. The summed E-state index contributed by atoms with van der Waals surface area (Å²) < 4.78 is 0. The second-order valence-electron chi connectivity index (χ2n) is 0.600. The molecule has 0 rings (SSSR count). The van der Waals surface area contributed by atoms with Gasteiger partial charge in [0, 0.05) is 0 Å². The van der Waals surface area contributed by atoms with Crippen molar-refractivity contribution in [1.82, 2.24) is 0 Å². The standard InChI is InChI=1S/Al.Ca.H4O4Si.5H/c;;1-5(2,3)4;;;;;/h;;1-4H;;;;;/q;+2;;;;;2*-1. The minimum absolute atomic E-state index is 0. The zero-order valence-electron chi connectivity index (χ0n) is 5.00. The summed E-state index contributed by atoms with van der Waals surface area (Å²) in [6.45, 7) is 0. The third-order valence-corrected chi connectivity index (χ3v) is 0. The molecule has 0 radical (unpaired) electrons. The molecular formula is H9AlCaO4Si. The quantitative estimate of drug-likeness (QED) is 0.278. The van der Waals surface area contributed by atoms with Crippen LogP contribution in [0.1, 0.15) is 2.85 Å². The maximum absolute atomic E-state index is 7.33. The molecule has 7 heavy (non-hydrogen) atoms. The minimum Gasteiger partial charge on any atom is -1.00 e. The monoisotopic (exact) mass is 168 g/mol. The zero-order chi connectivity index (χ0) is 4.50. The molecule has 0 bridgehead atoms. The van der Waals surface area contributed by atoms with E-state index in [9.17, 15) is 0 Å². The summed E-state index contributed by atoms with van der Waals surface area (Å²) in [7, 11) is -4.61. The average Bonchev–Trinajstić information content (AvgIpc) is 0.722. The van der Waals surface area contributed by atoms with Crippen molar-refractivity contribution in [3.8, 4) is 0 Å². The third kappa shape index (κ3) is 78.5. The topological polar surface area (TPSA) is 80.9 Å². The Bertz CT molecular complexity index is 34.0. The van der Waals surface area contributed by atoms with Crippen LogP contribution in [0.3, 0.4) is 0 Å². The van der Waals surface area contributed by atoms with Crippen LogP contribution in [0.25, 0.3) is 0 Å². The number of rotatable bonds is 0. The summed E-state index contributed by atoms with van der Waals surface area (Å²) in [5.41, 5.74) is 0. The van der Waals surface area contributed by atoms with Gasteiger partial charge < -0.3 is 22.0 Å². The van der Waals surface area contributed by atoms with E-state index in [0.717, 1.165) is 0 Å². The van der Waals surface area contributed by atoms with Gasteiger partial charge in [0.1, 0.15) is 0 Å². The number of hydrogen-bond donors (Lipinski definition) is 4. The molecule has 0 aliphatic heterocycles. The van der Waals surface area contributed by atoms with Gasteiger partial charge in [-0.1, -0.05) is 0 Å². The van der Waals surface area contributed by atoms with Crippen molar-refractivity contribution in [3.63, 3.8) is 0 Å². The van der Waals surface area contributed by atoms with E-state index in [4.69, 9.17) is 19.2 Å². The van der Waals surface area contributed by atoms with Gasteiger partial charge in [-0.25, -0.2) is 0 Å². The molecule has 4 N–H and O–H groups in total. The molecule has 0 fully saturated rings. The van der Waals surface area contributed by atoms with E-state index in [1.54, 1.807) is 0 Å². The Morgan fingerprint density at radius 1 is 1.00 bits per heavy atom. The fraction of sp³-hybridized carbons (Fsp3) is 0. The van der Waals surface area contributed by atoms with Crippen LogP contribution in [0.4, 0.5) is 0 Å². The second-order valence-corrected chi connectivity index (χ2v) is 1.80. The van der Waals surface area contributed by atoms with E-state index in [-0.39, 0.29) is 58.0 Å². The van der Waals surface area contributed by atoms with Crippen LogP contribution in [-0.4, -0.2) is 83.3 Å². The van der Waals surface area contributed by atoms with E-state index in [0.29, 0.717) is 0 Å². The van der Waals surface area contributed by atoms with Gasteiger partial charge in [0.2, 0.25) is 0 Å². The second kappa shape index (κ2) is 5.98. The molecule has 42 valence electrons. The van der Waals surface area contributed by atoms with Gasteiger partial charge in [0.05, 0.1) is 0 Å². The predicted molar refractivity (Wildman–Crippen MR) is 32.5 cm³/mol. The molecule has 7 heteroatoms. The van der Waals surface area contributed by atoms with Crippen molar-refractivity contribution in [2.75, 3.05) is 0 Å². The first-order valence-electron chi connectivity index (χ1n) is 0.894. The molecule has 0 aromatic rings. The van der Waals surface area contributed by atoms with Crippen LogP contribution in [0, 0.1) is 0 Å². The largest absolute Gasteiger partial charge is 2.00 e. The first-order valence-corrected chi connectivity index (χ1v) is 2.68. The van der Waals surface area contributed by atoms with Crippen LogP contribution in [0.5, 0.6) is 0 Å². The van der Waals surface area contributed by atoms with Crippen molar-refractivity contribution in [2.45, 2.75) is 0 Å². The van der Waals surface area contributed by atoms with Crippen molar-refractivity contribution in [2.24, 2.45) is 0 Å².